The molecule has 4 rings (SSSR count). The molecule has 4 nitrogen and oxygen atoms in total. The van der Waals surface area contributed by atoms with Gasteiger partial charge in [-0.3, -0.25) is 9.78 Å². The zero-order chi connectivity index (χ0) is 16.5. The monoisotopic (exact) mass is 341 g/mol. The van der Waals surface area contributed by atoms with Gasteiger partial charge in [0.25, 0.3) is 5.91 Å². The highest BCUT2D eigenvalue weighted by Gasteiger charge is 2.32. The summed E-state index contributed by atoms with van der Waals surface area (Å²) in [6, 6.07) is 4.08. The van der Waals surface area contributed by atoms with Crippen molar-refractivity contribution in [3.05, 3.63) is 51.5 Å². The van der Waals surface area contributed by atoms with Gasteiger partial charge in [-0.2, -0.15) is 0 Å². The number of nitrogens with zero attached hydrogens (tertiary/aromatic N) is 2. The number of pyridine rings is 1. The van der Waals surface area contributed by atoms with E-state index >= 15 is 0 Å². The van der Waals surface area contributed by atoms with Crippen molar-refractivity contribution in [2.45, 2.75) is 32.2 Å². The minimum atomic E-state index is 0.0676. The zero-order valence-electron chi connectivity index (χ0n) is 14.0. The summed E-state index contributed by atoms with van der Waals surface area (Å²) in [5, 5.41) is 5.50. The number of piperazine rings is 1. The van der Waals surface area contributed by atoms with Gasteiger partial charge in [0.15, 0.2) is 0 Å². The van der Waals surface area contributed by atoms with E-state index < -0.39 is 0 Å². The summed E-state index contributed by atoms with van der Waals surface area (Å²) in [6.45, 7) is 4.70. The summed E-state index contributed by atoms with van der Waals surface area (Å²) >= 11 is 1.77. The molecule has 0 saturated carbocycles. The molecule has 3 heterocycles. The van der Waals surface area contributed by atoms with Crippen LogP contribution in [0.1, 0.15) is 45.7 Å². The van der Waals surface area contributed by atoms with Gasteiger partial charge in [-0.25, -0.2) is 0 Å². The molecule has 2 unspecified atom stereocenters. The van der Waals surface area contributed by atoms with Crippen molar-refractivity contribution in [1.29, 1.82) is 0 Å². The van der Waals surface area contributed by atoms with Crippen LogP contribution in [-0.2, 0) is 12.8 Å². The van der Waals surface area contributed by atoms with Crippen molar-refractivity contribution in [1.82, 2.24) is 15.2 Å². The highest BCUT2D eigenvalue weighted by molar-refractivity contribution is 7.10. The van der Waals surface area contributed by atoms with Crippen LogP contribution >= 0.6 is 11.3 Å². The second-order valence-corrected chi connectivity index (χ2v) is 7.87. The topological polar surface area (TPSA) is 45.2 Å². The Balaban J connectivity index is 1.63. The molecular formula is C19H23N3OS. The van der Waals surface area contributed by atoms with Crippen LogP contribution in [0.4, 0.5) is 0 Å². The van der Waals surface area contributed by atoms with Crippen molar-refractivity contribution >= 4 is 17.2 Å². The Morgan fingerprint density at radius 3 is 3.21 bits per heavy atom. The average Bonchev–Trinajstić information content (AvgIpc) is 3.05. The molecular weight excluding hydrogens is 318 g/mol. The first-order chi connectivity index (χ1) is 11.7. The maximum atomic E-state index is 13.3. The number of amides is 1. The van der Waals surface area contributed by atoms with E-state index in [9.17, 15) is 4.79 Å². The highest BCUT2D eigenvalue weighted by Crippen LogP contribution is 2.34. The molecule has 2 aliphatic rings. The largest absolute Gasteiger partial charge is 0.329 e. The van der Waals surface area contributed by atoms with Crippen LogP contribution in [0.2, 0.25) is 0 Å². The van der Waals surface area contributed by atoms with E-state index in [1.54, 1.807) is 17.5 Å². The first-order valence-electron chi connectivity index (χ1n) is 8.75. The zero-order valence-corrected chi connectivity index (χ0v) is 14.8. The standard InChI is InChI=1S/C19H23N3OS/c1-13-4-5-15-16(12-24-18(15)9-13)19(23)22-8-7-21-11-17(22)14-3-2-6-20-10-14/h2-3,6,10,12-13,17,21H,4-5,7-9,11H2,1H3. The van der Waals surface area contributed by atoms with E-state index in [0.717, 1.165) is 49.5 Å². The van der Waals surface area contributed by atoms with Crippen LogP contribution in [0.15, 0.2) is 29.9 Å². The van der Waals surface area contributed by atoms with Crippen molar-refractivity contribution in [3.8, 4) is 0 Å². The number of thiophene rings is 1. The van der Waals surface area contributed by atoms with Crippen LogP contribution in [0.25, 0.3) is 0 Å². The Morgan fingerprint density at radius 2 is 2.38 bits per heavy atom. The fraction of sp³-hybridized carbons (Fsp3) is 0.474. The van der Waals surface area contributed by atoms with Crippen LogP contribution in [0.5, 0.6) is 0 Å². The smallest absolute Gasteiger partial charge is 0.255 e. The molecule has 2 atom stereocenters. The van der Waals surface area contributed by atoms with Crippen LogP contribution in [0.3, 0.4) is 0 Å². The number of hydrogen-bond donors (Lipinski definition) is 1. The molecule has 5 heteroatoms. The second-order valence-electron chi connectivity index (χ2n) is 6.90. The molecule has 0 bridgehead atoms. The molecule has 1 aliphatic carbocycles. The maximum absolute atomic E-state index is 13.3. The Hall–Kier alpha value is -1.72. The molecule has 2 aromatic heterocycles. The van der Waals surface area contributed by atoms with Crippen molar-refractivity contribution < 1.29 is 4.79 Å². The Morgan fingerprint density at radius 1 is 1.46 bits per heavy atom. The van der Waals surface area contributed by atoms with Crippen LogP contribution in [-0.4, -0.2) is 35.4 Å². The lowest BCUT2D eigenvalue weighted by Gasteiger charge is -2.36. The summed E-state index contributed by atoms with van der Waals surface area (Å²) < 4.78 is 0. The maximum Gasteiger partial charge on any atom is 0.255 e. The first kappa shape index (κ1) is 15.8. The predicted molar refractivity (Wildman–Crippen MR) is 96.4 cm³/mol. The van der Waals surface area contributed by atoms with E-state index in [1.165, 1.54) is 16.9 Å². The molecule has 1 saturated heterocycles. The lowest BCUT2D eigenvalue weighted by molar-refractivity contribution is 0.0633. The van der Waals surface area contributed by atoms with E-state index in [1.807, 2.05) is 17.2 Å². The number of nitrogens with one attached hydrogen (secondary N) is 1. The fourth-order valence-corrected chi connectivity index (χ4v) is 5.07. The lowest BCUT2D eigenvalue weighted by atomic mass is 9.88. The Bertz CT molecular complexity index is 727. The molecule has 1 fully saturated rings. The van der Waals surface area contributed by atoms with Crippen molar-refractivity contribution in [2.75, 3.05) is 19.6 Å². The number of carbonyl (C=O) groups excluding carboxylic acids is 1. The van der Waals surface area contributed by atoms with Gasteiger partial charge in [-0.05, 0) is 42.4 Å². The third-order valence-corrected chi connectivity index (χ3v) is 6.26. The molecule has 0 radical (unpaired) electrons. The summed E-state index contributed by atoms with van der Waals surface area (Å²) in [6.07, 6.45) is 7.02. The highest BCUT2D eigenvalue weighted by atomic mass is 32.1. The van der Waals surface area contributed by atoms with E-state index in [4.69, 9.17) is 0 Å². The Labute approximate surface area is 146 Å². The van der Waals surface area contributed by atoms with E-state index in [-0.39, 0.29) is 11.9 Å². The number of carbonyl (C=O) groups is 1. The summed E-state index contributed by atoms with van der Waals surface area (Å²) in [4.78, 5) is 21.0. The molecule has 0 aromatic carbocycles. The number of fused-ring (bicyclic) bond motifs is 1. The van der Waals surface area contributed by atoms with Crippen molar-refractivity contribution in [2.24, 2.45) is 5.92 Å². The van der Waals surface area contributed by atoms with Gasteiger partial charge in [-0.1, -0.05) is 13.0 Å². The third-order valence-electron chi connectivity index (χ3n) is 5.21. The van der Waals surface area contributed by atoms with Gasteiger partial charge in [0.2, 0.25) is 0 Å². The van der Waals surface area contributed by atoms with Crippen LogP contribution < -0.4 is 5.32 Å². The molecule has 0 spiro atoms. The van der Waals surface area contributed by atoms with Gasteiger partial charge < -0.3 is 10.2 Å². The molecule has 1 N–H and O–H groups in total. The molecule has 126 valence electrons. The SMILES string of the molecule is CC1CCc2c(C(=O)N3CCNCC3c3cccnc3)csc2C1. The van der Waals surface area contributed by atoms with Gasteiger partial charge in [0.1, 0.15) is 0 Å². The second kappa shape index (κ2) is 6.65. The molecule has 1 amide bonds. The van der Waals surface area contributed by atoms with Crippen molar-refractivity contribution in [3.63, 3.8) is 0 Å². The lowest BCUT2D eigenvalue weighted by Crippen LogP contribution is -2.48. The van der Waals surface area contributed by atoms with Gasteiger partial charge in [-0.15, -0.1) is 11.3 Å². The summed E-state index contributed by atoms with van der Waals surface area (Å²) in [5.74, 6) is 0.929. The number of aromatic nitrogens is 1. The quantitative estimate of drug-likeness (QED) is 0.913. The summed E-state index contributed by atoms with van der Waals surface area (Å²) in [7, 11) is 0. The number of rotatable bonds is 2. The summed E-state index contributed by atoms with van der Waals surface area (Å²) in [5.41, 5.74) is 3.36. The van der Waals surface area contributed by atoms with E-state index in [2.05, 4.69) is 28.7 Å². The van der Waals surface area contributed by atoms with Gasteiger partial charge in [0.05, 0.1) is 11.6 Å². The Kier molecular flexibility index (Phi) is 4.37. The van der Waals surface area contributed by atoms with E-state index in [0.29, 0.717) is 0 Å². The van der Waals surface area contributed by atoms with Gasteiger partial charge in [0, 0.05) is 42.3 Å². The third kappa shape index (κ3) is 2.87. The molecule has 1 aliphatic heterocycles. The van der Waals surface area contributed by atoms with Crippen LogP contribution in [0, 0.1) is 5.92 Å². The minimum Gasteiger partial charge on any atom is -0.329 e. The van der Waals surface area contributed by atoms with Gasteiger partial charge >= 0.3 is 0 Å². The first-order valence-corrected chi connectivity index (χ1v) is 9.63. The minimum absolute atomic E-state index is 0.0676. The predicted octanol–water partition coefficient (Wildman–Crippen LogP) is 3.05. The number of hydrogen-bond acceptors (Lipinski definition) is 4. The average molecular weight is 341 g/mol. The fourth-order valence-electron chi connectivity index (χ4n) is 3.83. The molecule has 2 aromatic rings. The molecule has 24 heavy (non-hydrogen) atoms. The normalized spacial score (nSPS) is 23.8.